The first-order valence-corrected chi connectivity index (χ1v) is 8.11. The molecule has 0 saturated carbocycles. The lowest BCUT2D eigenvalue weighted by atomic mass is 9.87. The predicted molar refractivity (Wildman–Crippen MR) is 91.2 cm³/mol. The van der Waals surface area contributed by atoms with Gasteiger partial charge in [0.25, 0.3) is 5.91 Å². The lowest BCUT2D eigenvalue weighted by Gasteiger charge is -2.20. The van der Waals surface area contributed by atoms with Crippen LogP contribution in [0, 0.1) is 0 Å². The van der Waals surface area contributed by atoms with Gasteiger partial charge in [0.2, 0.25) is 0 Å². The second-order valence-electron chi connectivity index (χ2n) is 6.52. The Morgan fingerprint density at radius 2 is 2.08 bits per heavy atom. The monoisotopic (exact) mass is 347 g/mol. The number of anilines is 1. The Labute approximate surface area is 144 Å². The number of halogens is 1. The molecule has 1 amide bonds. The number of amides is 1. The summed E-state index contributed by atoms with van der Waals surface area (Å²) in [6.45, 7) is 6.28. The first kappa shape index (κ1) is 16.6. The third-order valence-electron chi connectivity index (χ3n) is 4.33. The van der Waals surface area contributed by atoms with Gasteiger partial charge in [0.1, 0.15) is 11.3 Å². The van der Waals surface area contributed by atoms with Gasteiger partial charge >= 0.3 is 5.97 Å². The zero-order valence-corrected chi connectivity index (χ0v) is 14.5. The fourth-order valence-electron chi connectivity index (χ4n) is 3.26. The summed E-state index contributed by atoms with van der Waals surface area (Å²) in [7, 11) is 0. The average Bonchev–Trinajstić information content (AvgIpc) is 3.06. The van der Waals surface area contributed by atoms with Crippen LogP contribution in [-0.4, -0.2) is 23.5 Å². The fraction of sp³-hybridized carbons (Fsp3) is 0.333. The fourth-order valence-corrected chi connectivity index (χ4v) is 3.68. The van der Waals surface area contributed by atoms with Crippen molar-refractivity contribution in [2.75, 3.05) is 11.4 Å². The summed E-state index contributed by atoms with van der Waals surface area (Å²) in [5.74, 6) is -1.12. The number of carboxylic acid groups (broad SMARTS) is 1. The molecule has 6 heteroatoms. The maximum atomic E-state index is 12.9. The number of carbonyl (C=O) groups excluding carboxylic acids is 1. The molecule has 0 bridgehead atoms. The van der Waals surface area contributed by atoms with Crippen LogP contribution in [0.5, 0.6) is 0 Å². The number of hydrogen-bond donors (Lipinski definition) is 1. The van der Waals surface area contributed by atoms with Gasteiger partial charge < -0.3 is 14.4 Å². The van der Waals surface area contributed by atoms with Gasteiger partial charge in [-0.3, -0.25) is 4.79 Å². The van der Waals surface area contributed by atoms with Gasteiger partial charge in [-0.15, -0.1) is 0 Å². The predicted octanol–water partition coefficient (Wildman–Crippen LogP) is 4.13. The van der Waals surface area contributed by atoms with E-state index in [9.17, 15) is 14.7 Å². The average molecular weight is 348 g/mol. The second kappa shape index (κ2) is 5.67. The highest BCUT2D eigenvalue weighted by atomic mass is 35.5. The first-order valence-electron chi connectivity index (χ1n) is 7.73. The van der Waals surface area contributed by atoms with E-state index in [4.69, 9.17) is 16.0 Å². The van der Waals surface area contributed by atoms with E-state index in [1.165, 1.54) is 6.07 Å². The van der Waals surface area contributed by atoms with Crippen LogP contribution in [0.25, 0.3) is 0 Å². The standard InChI is InChI=1S/C18H18ClNO4/c1-4-13-10(17(22)23)8-14(24-13)16(21)20-9-18(2,3)15-11(19)6-5-7-12(15)20/h5-8H,4,9H2,1-3H3,(H,22,23). The molecule has 1 aromatic carbocycles. The molecule has 2 aromatic rings. The number of hydrogen-bond acceptors (Lipinski definition) is 3. The van der Waals surface area contributed by atoms with E-state index in [2.05, 4.69) is 0 Å². The molecule has 0 unspecified atom stereocenters. The van der Waals surface area contributed by atoms with E-state index in [1.54, 1.807) is 24.0 Å². The van der Waals surface area contributed by atoms with Crippen LogP contribution in [0.15, 0.2) is 28.7 Å². The first-order chi connectivity index (χ1) is 11.3. The smallest absolute Gasteiger partial charge is 0.339 e. The van der Waals surface area contributed by atoms with Crippen LogP contribution in [0.1, 0.15) is 53.0 Å². The Morgan fingerprint density at radius 1 is 1.38 bits per heavy atom. The molecule has 5 nitrogen and oxygen atoms in total. The van der Waals surface area contributed by atoms with Crippen LogP contribution in [0.3, 0.4) is 0 Å². The maximum absolute atomic E-state index is 12.9. The van der Waals surface area contributed by atoms with Gasteiger partial charge in [-0.05, 0) is 12.1 Å². The SMILES string of the molecule is CCc1oc(C(=O)N2CC(C)(C)c3c(Cl)cccc32)cc1C(=O)O. The number of aryl methyl sites for hydroxylation is 1. The van der Waals surface area contributed by atoms with Gasteiger partial charge in [-0.2, -0.15) is 0 Å². The number of aromatic carboxylic acids is 1. The zero-order valence-electron chi connectivity index (χ0n) is 13.7. The molecule has 126 valence electrons. The molecule has 1 aliphatic rings. The third-order valence-corrected chi connectivity index (χ3v) is 4.64. The number of nitrogens with zero attached hydrogens (tertiary/aromatic N) is 1. The molecular formula is C18H18ClNO4. The molecule has 1 aromatic heterocycles. The number of rotatable bonds is 3. The molecule has 1 N–H and O–H groups in total. The Bertz CT molecular complexity index is 838. The minimum absolute atomic E-state index is 0.0330. The van der Waals surface area contributed by atoms with Crippen molar-refractivity contribution in [3.8, 4) is 0 Å². The van der Waals surface area contributed by atoms with Crippen molar-refractivity contribution in [1.82, 2.24) is 0 Å². The Morgan fingerprint density at radius 3 is 2.67 bits per heavy atom. The second-order valence-corrected chi connectivity index (χ2v) is 6.92. The Hall–Kier alpha value is -2.27. The number of carbonyl (C=O) groups is 2. The summed E-state index contributed by atoms with van der Waals surface area (Å²) in [5, 5.41) is 9.85. The molecule has 0 spiro atoms. The number of furan rings is 1. The zero-order chi connectivity index (χ0) is 17.6. The summed E-state index contributed by atoms with van der Waals surface area (Å²) in [6.07, 6.45) is 0.406. The van der Waals surface area contributed by atoms with E-state index in [0.717, 1.165) is 11.3 Å². The third kappa shape index (κ3) is 2.49. The van der Waals surface area contributed by atoms with Gasteiger partial charge in [0.05, 0.1) is 0 Å². The molecule has 0 atom stereocenters. The van der Waals surface area contributed by atoms with Gasteiger partial charge in [-0.25, -0.2) is 4.79 Å². The van der Waals surface area contributed by atoms with Crippen LogP contribution >= 0.6 is 11.6 Å². The van der Waals surface area contributed by atoms with E-state index < -0.39 is 5.97 Å². The minimum Gasteiger partial charge on any atom is -0.478 e. The quantitative estimate of drug-likeness (QED) is 0.906. The molecule has 0 fully saturated rings. The molecule has 24 heavy (non-hydrogen) atoms. The van der Waals surface area contributed by atoms with E-state index in [0.29, 0.717) is 23.7 Å². The van der Waals surface area contributed by atoms with Crippen molar-refractivity contribution >= 4 is 29.2 Å². The summed E-state index contributed by atoms with van der Waals surface area (Å²) in [5.41, 5.74) is 1.40. The molecule has 3 rings (SSSR count). The van der Waals surface area contributed by atoms with Crippen LogP contribution in [-0.2, 0) is 11.8 Å². The van der Waals surface area contributed by atoms with E-state index in [1.807, 2.05) is 19.9 Å². The lowest BCUT2D eigenvalue weighted by molar-refractivity contribution is 0.0694. The van der Waals surface area contributed by atoms with E-state index in [-0.39, 0.29) is 22.6 Å². The highest BCUT2D eigenvalue weighted by Crippen LogP contribution is 2.44. The van der Waals surface area contributed by atoms with Crippen molar-refractivity contribution < 1.29 is 19.1 Å². The summed E-state index contributed by atoms with van der Waals surface area (Å²) in [6, 6.07) is 6.75. The Balaban J connectivity index is 2.04. The molecular weight excluding hydrogens is 330 g/mol. The Kier molecular flexibility index (Phi) is 3.92. The van der Waals surface area contributed by atoms with Gasteiger partial charge in [0, 0.05) is 40.7 Å². The summed E-state index contributed by atoms with van der Waals surface area (Å²) in [4.78, 5) is 25.8. The molecule has 0 radical (unpaired) electrons. The number of benzene rings is 1. The van der Waals surface area contributed by atoms with Crippen molar-refractivity contribution in [3.63, 3.8) is 0 Å². The van der Waals surface area contributed by atoms with Crippen LogP contribution in [0.2, 0.25) is 5.02 Å². The maximum Gasteiger partial charge on any atom is 0.339 e. The topological polar surface area (TPSA) is 70.8 Å². The van der Waals surface area contributed by atoms with E-state index >= 15 is 0 Å². The largest absolute Gasteiger partial charge is 0.478 e. The van der Waals surface area contributed by atoms with Crippen LogP contribution < -0.4 is 4.90 Å². The highest BCUT2D eigenvalue weighted by molar-refractivity contribution is 6.32. The molecule has 0 saturated heterocycles. The van der Waals surface area contributed by atoms with Crippen molar-refractivity contribution in [3.05, 3.63) is 51.9 Å². The summed E-state index contributed by atoms with van der Waals surface area (Å²) < 4.78 is 5.51. The van der Waals surface area contributed by atoms with Gasteiger partial charge in [0.15, 0.2) is 5.76 Å². The van der Waals surface area contributed by atoms with Crippen LogP contribution in [0.4, 0.5) is 5.69 Å². The van der Waals surface area contributed by atoms with Gasteiger partial charge in [-0.1, -0.05) is 38.4 Å². The number of carboxylic acids is 1. The number of fused-ring (bicyclic) bond motifs is 1. The lowest BCUT2D eigenvalue weighted by Crippen LogP contribution is -2.33. The van der Waals surface area contributed by atoms with Crippen molar-refractivity contribution in [2.45, 2.75) is 32.6 Å². The molecule has 0 aliphatic carbocycles. The summed E-state index contributed by atoms with van der Waals surface area (Å²) >= 11 is 6.32. The molecule has 2 heterocycles. The highest BCUT2D eigenvalue weighted by Gasteiger charge is 2.40. The normalized spacial score (nSPS) is 15.4. The minimum atomic E-state index is -1.10. The van der Waals surface area contributed by atoms with Crippen molar-refractivity contribution in [1.29, 1.82) is 0 Å². The van der Waals surface area contributed by atoms with Crippen molar-refractivity contribution in [2.24, 2.45) is 0 Å². The molecule has 1 aliphatic heterocycles.